The number of hydrogen-bond acceptors (Lipinski definition) is 2. The van der Waals surface area contributed by atoms with E-state index in [4.69, 9.17) is 11.6 Å². The highest BCUT2D eigenvalue weighted by Crippen LogP contribution is 2.24. The number of benzene rings is 2. The third-order valence-corrected chi connectivity index (χ3v) is 5.68. The van der Waals surface area contributed by atoms with E-state index in [1.165, 1.54) is 17.2 Å². The van der Waals surface area contributed by atoms with E-state index in [0.717, 1.165) is 12.2 Å². The second kappa shape index (κ2) is 10.1. The molecule has 0 heterocycles. The predicted molar refractivity (Wildman–Crippen MR) is 114 cm³/mol. The maximum atomic E-state index is 13.7. The van der Waals surface area contributed by atoms with E-state index in [0.29, 0.717) is 29.3 Å². The molecule has 2 aromatic carbocycles. The average molecular weight is 408 g/mol. The smallest absolute Gasteiger partial charge is 0.220 e. The molecule has 0 saturated heterocycles. The summed E-state index contributed by atoms with van der Waals surface area (Å²) in [7, 11) is 0. The zero-order chi connectivity index (χ0) is 19.9. The summed E-state index contributed by atoms with van der Waals surface area (Å²) in [6.07, 6.45) is 1.20. The fourth-order valence-electron chi connectivity index (χ4n) is 2.62. The van der Waals surface area contributed by atoms with Gasteiger partial charge in [-0.25, -0.2) is 4.39 Å². The maximum Gasteiger partial charge on any atom is 0.220 e. The third kappa shape index (κ3) is 7.19. The van der Waals surface area contributed by atoms with E-state index in [2.05, 4.69) is 50.4 Å². The molecule has 0 spiro atoms. The fraction of sp³-hybridized carbons (Fsp3) is 0.409. The summed E-state index contributed by atoms with van der Waals surface area (Å²) < 4.78 is 13.7. The van der Waals surface area contributed by atoms with Gasteiger partial charge in [0, 0.05) is 35.1 Å². The van der Waals surface area contributed by atoms with Gasteiger partial charge in [-0.3, -0.25) is 4.79 Å². The Kier molecular flexibility index (Phi) is 8.18. The first-order valence-electron chi connectivity index (χ1n) is 9.14. The van der Waals surface area contributed by atoms with Crippen LogP contribution < -0.4 is 5.32 Å². The minimum Gasteiger partial charge on any atom is -0.355 e. The van der Waals surface area contributed by atoms with Crippen molar-refractivity contribution in [3.05, 3.63) is 70.0 Å². The van der Waals surface area contributed by atoms with Crippen LogP contribution >= 0.6 is 23.4 Å². The largest absolute Gasteiger partial charge is 0.355 e. The van der Waals surface area contributed by atoms with Crippen LogP contribution in [-0.2, 0) is 22.4 Å². The lowest BCUT2D eigenvalue weighted by atomic mass is 9.86. The molecule has 146 valence electrons. The molecule has 1 N–H and O–H groups in total. The fourth-order valence-corrected chi connectivity index (χ4v) is 3.82. The first kappa shape index (κ1) is 21.8. The Hall–Kier alpha value is -1.52. The monoisotopic (exact) mass is 407 g/mol. The molecule has 0 aliphatic carbocycles. The zero-order valence-corrected chi connectivity index (χ0v) is 17.7. The third-order valence-electron chi connectivity index (χ3n) is 4.34. The van der Waals surface area contributed by atoms with Crippen molar-refractivity contribution in [2.75, 3.05) is 12.3 Å². The van der Waals surface area contributed by atoms with Gasteiger partial charge in [-0.05, 0) is 35.1 Å². The lowest BCUT2D eigenvalue weighted by molar-refractivity contribution is -0.120. The standard InChI is InChI=1S/C22H27ClFNOS/c1-22(2,3)17-10-7-16(8-11-17)9-12-21(26)25-13-14-27-15-18-19(23)5-4-6-20(18)24/h4-8,10-11H,9,12-15H2,1-3H3,(H,25,26). The second-order valence-corrected chi connectivity index (χ2v) is 9.06. The summed E-state index contributed by atoms with van der Waals surface area (Å²) in [5, 5.41) is 3.37. The Bertz CT molecular complexity index is 736. The van der Waals surface area contributed by atoms with Gasteiger partial charge in [-0.2, -0.15) is 11.8 Å². The van der Waals surface area contributed by atoms with Crippen LogP contribution in [0.15, 0.2) is 42.5 Å². The number of carbonyl (C=O) groups is 1. The van der Waals surface area contributed by atoms with Crippen LogP contribution in [0.1, 0.15) is 43.9 Å². The molecule has 2 nitrogen and oxygen atoms in total. The van der Waals surface area contributed by atoms with Gasteiger partial charge in [0.05, 0.1) is 0 Å². The van der Waals surface area contributed by atoms with Crippen LogP contribution in [0.5, 0.6) is 0 Å². The summed E-state index contributed by atoms with van der Waals surface area (Å²) in [5.41, 5.74) is 3.12. The van der Waals surface area contributed by atoms with Gasteiger partial charge in [-0.1, -0.05) is 62.7 Å². The normalized spacial score (nSPS) is 11.4. The average Bonchev–Trinajstić information content (AvgIpc) is 2.61. The number of rotatable bonds is 8. The summed E-state index contributed by atoms with van der Waals surface area (Å²) in [5.74, 6) is 0.981. The van der Waals surface area contributed by atoms with Crippen LogP contribution in [0.25, 0.3) is 0 Å². The van der Waals surface area contributed by atoms with E-state index >= 15 is 0 Å². The Labute approximate surface area is 170 Å². The summed E-state index contributed by atoms with van der Waals surface area (Å²) in [6, 6.07) is 13.2. The Morgan fingerprint density at radius 1 is 1.15 bits per heavy atom. The topological polar surface area (TPSA) is 29.1 Å². The highest BCUT2D eigenvalue weighted by molar-refractivity contribution is 7.98. The van der Waals surface area contributed by atoms with Crippen molar-refractivity contribution in [1.82, 2.24) is 5.32 Å². The molecule has 5 heteroatoms. The van der Waals surface area contributed by atoms with Crippen molar-refractivity contribution in [3.63, 3.8) is 0 Å². The van der Waals surface area contributed by atoms with Crippen molar-refractivity contribution in [2.24, 2.45) is 0 Å². The molecule has 0 fully saturated rings. The zero-order valence-electron chi connectivity index (χ0n) is 16.1. The quantitative estimate of drug-likeness (QED) is 0.563. The van der Waals surface area contributed by atoms with E-state index in [-0.39, 0.29) is 17.1 Å². The molecular formula is C22H27ClFNOS. The maximum absolute atomic E-state index is 13.7. The summed E-state index contributed by atoms with van der Waals surface area (Å²) >= 11 is 7.56. The van der Waals surface area contributed by atoms with Gasteiger partial charge in [0.1, 0.15) is 5.82 Å². The van der Waals surface area contributed by atoms with Crippen LogP contribution in [0.4, 0.5) is 4.39 Å². The molecular weight excluding hydrogens is 381 g/mol. The Morgan fingerprint density at radius 2 is 1.85 bits per heavy atom. The molecule has 0 radical (unpaired) electrons. The molecule has 2 aromatic rings. The molecule has 0 bridgehead atoms. The Morgan fingerprint density at radius 3 is 2.48 bits per heavy atom. The van der Waals surface area contributed by atoms with Gasteiger partial charge < -0.3 is 5.32 Å². The van der Waals surface area contributed by atoms with Gasteiger partial charge in [0.2, 0.25) is 5.91 Å². The van der Waals surface area contributed by atoms with Crippen molar-refractivity contribution in [2.45, 2.75) is 44.8 Å². The number of nitrogens with one attached hydrogen (secondary N) is 1. The highest BCUT2D eigenvalue weighted by Gasteiger charge is 2.13. The van der Waals surface area contributed by atoms with Gasteiger partial charge in [-0.15, -0.1) is 0 Å². The second-order valence-electron chi connectivity index (χ2n) is 7.55. The van der Waals surface area contributed by atoms with Crippen molar-refractivity contribution in [3.8, 4) is 0 Å². The Balaban J connectivity index is 1.65. The molecule has 0 atom stereocenters. The molecule has 0 aromatic heterocycles. The van der Waals surface area contributed by atoms with Gasteiger partial charge in [0.25, 0.3) is 0 Å². The summed E-state index contributed by atoms with van der Waals surface area (Å²) in [4.78, 5) is 12.0. The summed E-state index contributed by atoms with van der Waals surface area (Å²) in [6.45, 7) is 7.13. The van der Waals surface area contributed by atoms with Crippen molar-refractivity contribution < 1.29 is 9.18 Å². The lowest BCUT2D eigenvalue weighted by Crippen LogP contribution is -2.26. The first-order valence-corrected chi connectivity index (χ1v) is 10.7. The minimum absolute atomic E-state index is 0.0411. The van der Waals surface area contributed by atoms with Crippen molar-refractivity contribution in [1.29, 1.82) is 0 Å². The molecule has 0 aliphatic rings. The van der Waals surface area contributed by atoms with E-state index in [1.54, 1.807) is 23.9 Å². The lowest BCUT2D eigenvalue weighted by Gasteiger charge is -2.19. The van der Waals surface area contributed by atoms with E-state index in [9.17, 15) is 9.18 Å². The number of halogens is 2. The number of aryl methyl sites for hydroxylation is 1. The molecule has 0 aliphatic heterocycles. The van der Waals surface area contributed by atoms with E-state index < -0.39 is 0 Å². The number of amides is 1. The van der Waals surface area contributed by atoms with Gasteiger partial charge in [0.15, 0.2) is 0 Å². The molecule has 0 saturated carbocycles. The molecule has 0 unspecified atom stereocenters. The number of carbonyl (C=O) groups excluding carboxylic acids is 1. The van der Waals surface area contributed by atoms with Crippen molar-refractivity contribution >= 4 is 29.3 Å². The molecule has 27 heavy (non-hydrogen) atoms. The molecule has 2 rings (SSSR count). The van der Waals surface area contributed by atoms with Crippen LogP contribution in [0.3, 0.4) is 0 Å². The SMILES string of the molecule is CC(C)(C)c1ccc(CCC(=O)NCCSCc2c(F)cccc2Cl)cc1. The van der Waals surface area contributed by atoms with E-state index in [1.807, 2.05) is 0 Å². The molecule has 1 amide bonds. The number of thioether (sulfide) groups is 1. The highest BCUT2D eigenvalue weighted by atomic mass is 35.5. The predicted octanol–water partition coefficient (Wildman–Crippen LogP) is 5.76. The minimum atomic E-state index is -0.281. The first-order chi connectivity index (χ1) is 12.8. The number of hydrogen-bond donors (Lipinski definition) is 1. The van der Waals surface area contributed by atoms with Crippen LogP contribution in [0.2, 0.25) is 5.02 Å². The van der Waals surface area contributed by atoms with Crippen LogP contribution in [0, 0.1) is 5.82 Å². The van der Waals surface area contributed by atoms with Gasteiger partial charge >= 0.3 is 0 Å². The van der Waals surface area contributed by atoms with Crippen LogP contribution in [-0.4, -0.2) is 18.2 Å².